The van der Waals surface area contributed by atoms with Crippen LogP contribution in [-0.4, -0.2) is 48.4 Å². The molecule has 0 aliphatic heterocycles. The maximum Gasteiger partial charge on any atom is 0.573 e. The van der Waals surface area contributed by atoms with Gasteiger partial charge in [-0.2, -0.15) is 4.98 Å². The fourth-order valence-corrected chi connectivity index (χ4v) is 3.74. The zero-order valence-electron chi connectivity index (χ0n) is 20.7. The minimum absolute atomic E-state index is 0.302. The van der Waals surface area contributed by atoms with Crippen LogP contribution in [0.15, 0.2) is 48.5 Å². The largest absolute Gasteiger partial charge is 0.573 e. The van der Waals surface area contributed by atoms with Gasteiger partial charge in [0.2, 0.25) is 5.95 Å². The molecule has 1 heterocycles. The van der Waals surface area contributed by atoms with E-state index in [9.17, 15) is 13.2 Å². The minimum atomic E-state index is -4.77. The van der Waals surface area contributed by atoms with Crippen LogP contribution in [0, 0.1) is 6.92 Å². The Labute approximate surface area is 204 Å². The Balaban J connectivity index is 1.91. The zero-order chi connectivity index (χ0) is 25.6. The minimum Gasteiger partial charge on any atom is -0.406 e. The van der Waals surface area contributed by atoms with Gasteiger partial charge in [-0.05, 0) is 75.3 Å². The van der Waals surface area contributed by atoms with E-state index in [-0.39, 0.29) is 5.75 Å². The van der Waals surface area contributed by atoms with Gasteiger partial charge in [0.05, 0.1) is 5.69 Å². The topological polar surface area (TPSA) is 62.3 Å². The number of aryl methyl sites for hydroxylation is 1. The van der Waals surface area contributed by atoms with Crippen LogP contribution in [0.25, 0.3) is 11.3 Å². The average Bonchev–Trinajstić information content (AvgIpc) is 2.75. The van der Waals surface area contributed by atoms with Crippen molar-refractivity contribution in [2.75, 3.05) is 37.8 Å². The maximum absolute atomic E-state index is 12.7. The van der Waals surface area contributed by atoms with Crippen molar-refractivity contribution >= 4 is 17.5 Å². The molecule has 1 aromatic heterocycles. The van der Waals surface area contributed by atoms with Crippen LogP contribution in [-0.2, 0) is 0 Å². The predicted octanol–water partition coefficient (Wildman–Crippen LogP) is 6.58. The second-order valence-electron chi connectivity index (χ2n) is 8.97. The number of alkyl halides is 3. The molecule has 0 radical (unpaired) electrons. The van der Waals surface area contributed by atoms with Crippen LogP contribution >= 0.6 is 0 Å². The van der Waals surface area contributed by atoms with Crippen LogP contribution in [0.4, 0.5) is 30.6 Å². The van der Waals surface area contributed by atoms with Crippen molar-refractivity contribution in [2.24, 2.45) is 0 Å². The molecule has 0 aliphatic carbocycles. The molecular weight excluding hydrogens is 455 g/mol. The van der Waals surface area contributed by atoms with Crippen molar-refractivity contribution < 1.29 is 17.9 Å². The summed E-state index contributed by atoms with van der Waals surface area (Å²) in [5.41, 5.74) is 4.26. The second kappa shape index (κ2) is 11.4. The molecule has 9 heteroatoms. The van der Waals surface area contributed by atoms with Gasteiger partial charge in [-0.25, -0.2) is 4.98 Å². The Bertz CT molecular complexity index is 1130. The molecule has 0 bridgehead atoms. The van der Waals surface area contributed by atoms with Gasteiger partial charge in [-0.3, -0.25) is 0 Å². The van der Waals surface area contributed by atoms with Crippen molar-refractivity contribution in [3.05, 3.63) is 59.7 Å². The molecule has 0 saturated heterocycles. The van der Waals surface area contributed by atoms with E-state index in [1.165, 1.54) is 29.3 Å². The molecule has 0 fully saturated rings. The standard InChI is InChI=1S/C26H32F3N5O/c1-17(2)22-11-10-20(14-18(22)3)31-24-16-23(32-25(33-24)30-12-7-13-34(4)5)19-8-6-9-21(15-19)35-26(27,28)29/h6,8-11,14-17H,7,12-13H2,1-5H3,(H2,30,31,32,33). The third kappa shape index (κ3) is 8.13. The highest BCUT2D eigenvalue weighted by Crippen LogP contribution is 2.30. The highest BCUT2D eigenvalue weighted by molar-refractivity contribution is 5.68. The van der Waals surface area contributed by atoms with E-state index in [0.717, 1.165) is 18.7 Å². The van der Waals surface area contributed by atoms with Gasteiger partial charge in [0.25, 0.3) is 0 Å². The van der Waals surface area contributed by atoms with E-state index >= 15 is 0 Å². The number of halogens is 3. The third-order valence-electron chi connectivity index (χ3n) is 5.32. The first-order chi connectivity index (χ1) is 16.5. The Morgan fingerprint density at radius 2 is 1.80 bits per heavy atom. The molecule has 2 N–H and O–H groups in total. The number of nitrogens with one attached hydrogen (secondary N) is 2. The summed E-state index contributed by atoms with van der Waals surface area (Å²) in [7, 11) is 4.00. The van der Waals surface area contributed by atoms with Crippen LogP contribution < -0.4 is 15.4 Å². The lowest BCUT2D eigenvalue weighted by atomic mass is 9.98. The molecule has 0 aliphatic rings. The summed E-state index contributed by atoms with van der Waals surface area (Å²) < 4.78 is 42.2. The van der Waals surface area contributed by atoms with Crippen LogP contribution in [0.3, 0.4) is 0 Å². The van der Waals surface area contributed by atoms with E-state index in [1.54, 1.807) is 12.1 Å². The molecule has 188 valence electrons. The molecule has 3 aromatic rings. The summed E-state index contributed by atoms with van der Waals surface area (Å²) in [6.07, 6.45) is -3.88. The first-order valence-electron chi connectivity index (χ1n) is 11.5. The van der Waals surface area contributed by atoms with Gasteiger partial charge in [-0.15, -0.1) is 13.2 Å². The van der Waals surface area contributed by atoms with Crippen molar-refractivity contribution in [3.8, 4) is 17.0 Å². The molecular formula is C26H32F3N5O. The molecule has 6 nitrogen and oxygen atoms in total. The Morgan fingerprint density at radius 1 is 1.03 bits per heavy atom. The fraction of sp³-hybridized carbons (Fsp3) is 0.385. The number of aromatic nitrogens is 2. The molecule has 3 rings (SSSR count). The third-order valence-corrected chi connectivity index (χ3v) is 5.32. The van der Waals surface area contributed by atoms with Crippen molar-refractivity contribution in [2.45, 2.75) is 39.5 Å². The number of benzene rings is 2. The average molecular weight is 488 g/mol. The monoisotopic (exact) mass is 487 g/mol. The van der Waals surface area contributed by atoms with Gasteiger partial charge in [0, 0.05) is 23.9 Å². The zero-order valence-corrected chi connectivity index (χ0v) is 20.7. The summed E-state index contributed by atoms with van der Waals surface area (Å²) in [6.45, 7) is 7.92. The lowest BCUT2D eigenvalue weighted by Crippen LogP contribution is -2.17. The summed E-state index contributed by atoms with van der Waals surface area (Å²) in [4.78, 5) is 11.2. The molecule has 0 amide bonds. The molecule has 2 aromatic carbocycles. The Hall–Kier alpha value is -3.33. The van der Waals surface area contributed by atoms with Crippen molar-refractivity contribution in [1.29, 1.82) is 0 Å². The van der Waals surface area contributed by atoms with E-state index in [0.29, 0.717) is 35.5 Å². The molecule has 0 saturated carbocycles. The van der Waals surface area contributed by atoms with Gasteiger partial charge >= 0.3 is 6.36 Å². The summed E-state index contributed by atoms with van der Waals surface area (Å²) in [6, 6.07) is 13.6. The number of hydrogen-bond acceptors (Lipinski definition) is 6. The first kappa shape index (κ1) is 26.3. The van der Waals surface area contributed by atoms with E-state index in [4.69, 9.17) is 0 Å². The van der Waals surface area contributed by atoms with E-state index < -0.39 is 6.36 Å². The highest BCUT2D eigenvalue weighted by atomic mass is 19.4. The van der Waals surface area contributed by atoms with Crippen LogP contribution in [0.2, 0.25) is 0 Å². The van der Waals surface area contributed by atoms with E-state index in [2.05, 4.69) is 63.1 Å². The van der Waals surface area contributed by atoms with Gasteiger partial charge < -0.3 is 20.3 Å². The molecule has 0 spiro atoms. The summed E-state index contributed by atoms with van der Waals surface area (Å²) in [5, 5.41) is 6.54. The van der Waals surface area contributed by atoms with Crippen LogP contribution in [0.5, 0.6) is 5.75 Å². The SMILES string of the molecule is Cc1cc(Nc2cc(-c3cccc(OC(F)(F)F)c3)nc(NCCCN(C)C)n2)ccc1C(C)C. The molecule has 0 unspecified atom stereocenters. The summed E-state index contributed by atoms with van der Waals surface area (Å²) in [5.74, 6) is 1.03. The normalized spacial score (nSPS) is 11.7. The number of rotatable bonds is 10. The predicted molar refractivity (Wildman–Crippen MR) is 134 cm³/mol. The quantitative estimate of drug-likeness (QED) is 0.315. The molecule has 0 atom stereocenters. The van der Waals surface area contributed by atoms with Gasteiger partial charge in [0.1, 0.15) is 11.6 Å². The first-order valence-corrected chi connectivity index (χ1v) is 11.5. The maximum atomic E-state index is 12.7. The number of anilines is 3. The lowest BCUT2D eigenvalue weighted by Gasteiger charge is -2.15. The van der Waals surface area contributed by atoms with Gasteiger partial charge in [0.15, 0.2) is 0 Å². The van der Waals surface area contributed by atoms with E-state index in [1.807, 2.05) is 20.2 Å². The number of nitrogens with zero attached hydrogens (tertiary/aromatic N) is 3. The number of hydrogen-bond donors (Lipinski definition) is 2. The Morgan fingerprint density at radius 3 is 2.46 bits per heavy atom. The summed E-state index contributed by atoms with van der Waals surface area (Å²) >= 11 is 0. The van der Waals surface area contributed by atoms with Crippen LogP contribution in [0.1, 0.15) is 37.3 Å². The van der Waals surface area contributed by atoms with Crippen molar-refractivity contribution in [3.63, 3.8) is 0 Å². The van der Waals surface area contributed by atoms with Gasteiger partial charge in [-0.1, -0.05) is 32.0 Å². The smallest absolute Gasteiger partial charge is 0.406 e. The lowest BCUT2D eigenvalue weighted by molar-refractivity contribution is -0.274. The van der Waals surface area contributed by atoms with Crippen molar-refractivity contribution in [1.82, 2.24) is 14.9 Å². The molecule has 35 heavy (non-hydrogen) atoms. The fourth-order valence-electron chi connectivity index (χ4n) is 3.74. The number of ether oxygens (including phenoxy) is 1. The second-order valence-corrected chi connectivity index (χ2v) is 8.97. The highest BCUT2D eigenvalue weighted by Gasteiger charge is 2.31. The Kier molecular flexibility index (Phi) is 8.56.